The van der Waals surface area contributed by atoms with Gasteiger partial charge in [0, 0.05) is 30.9 Å². The lowest BCUT2D eigenvalue weighted by molar-refractivity contribution is -0.0329. The van der Waals surface area contributed by atoms with Crippen LogP contribution in [-0.4, -0.2) is 41.6 Å². The number of thioether (sulfide) groups is 1. The molecule has 23 heavy (non-hydrogen) atoms. The Bertz CT molecular complexity index is 594. The van der Waals surface area contributed by atoms with Gasteiger partial charge in [0.1, 0.15) is 5.82 Å². The molecule has 1 aromatic carbocycles. The van der Waals surface area contributed by atoms with Crippen LogP contribution in [0.2, 0.25) is 0 Å². The van der Waals surface area contributed by atoms with Crippen LogP contribution >= 0.6 is 11.8 Å². The Morgan fingerprint density at radius 3 is 2.48 bits per heavy atom. The number of benzene rings is 1. The molecule has 2 bridgehead atoms. The maximum Gasteiger partial charge on any atom is 0.446 e. The molecule has 1 aromatic rings. The van der Waals surface area contributed by atoms with Crippen molar-refractivity contribution in [3.63, 3.8) is 0 Å². The molecular weight excluding hydrogens is 334 g/mol. The maximum atomic E-state index is 13.7. The summed E-state index contributed by atoms with van der Waals surface area (Å²) < 4.78 is 50.6. The number of alkyl halides is 3. The van der Waals surface area contributed by atoms with Gasteiger partial charge >= 0.3 is 11.5 Å². The van der Waals surface area contributed by atoms with E-state index >= 15 is 0 Å². The molecule has 2 atom stereocenters. The first kappa shape index (κ1) is 16.4. The standard InChI is InChI=1S/C14H15F4N3OS/c15-11-5-8(1-4-12(11)23-14(16,17)18)20-13(22)21-9-2-3-10(21)7-19-6-9/h1,4-5,9-10,19H,2-3,6-7H2,(H,20,22). The van der Waals surface area contributed by atoms with Crippen LogP contribution in [0.25, 0.3) is 0 Å². The summed E-state index contributed by atoms with van der Waals surface area (Å²) in [5.41, 5.74) is -4.40. The zero-order chi connectivity index (χ0) is 16.6. The van der Waals surface area contributed by atoms with Crippen LogP contribution in [0.5, 0.6) is 0 Å². The number of hydrogen-bond acceptors (Lipinski definition) is 3. The number of anilines is 1. The molecule has 2 N–H and O–H groups in total. The fourth-order valence-corrected chi connectivity index (χ4v) is 3.63. The van der Waals surface area contributed by atoms with Crippen molar-refractivity contribution in [1.29, 1.82) is 0 Å². The smallest absolute Gasteiger partial charge is 0.316 e. The largest absolute Gasteiger partial charge is 0.446 e. The van der Waals surface area contributed by atoms with Gasteiger partial charge in [-0.25, -0.2) is 9.18 Å². The zero-order valence-corrected chi connectivity index (χ0v) is 12.8. The summed E-state index contributed by atoms with van der Waals surface area (Å²) in [5.74, 6) is -1.01. The molecule has 3 rings (SSSR count). The van der Waals surface area contributed by atoms with Crippen molar-refractivity contribution in [1.82, 2.24) is 10.2 Å². The number of hydrogen-bond donors (Lipinski definition) is 2. The first-order valence-electron chi connectivity index (χ1n) is 7.19. The van der Waals surface area contributed by atoms with Crippen LogP contribution in [0.1, 0.15) is 12.8 Å². The zero-order valence-electron chi connectivity index (χ0n) is 12.0. The minimum atomic E-state index is -4.55. The molecule has 0 aliphatic carbocycles. The molecule has 2 saturated heterocycles. The molecule has 2 aliphatic heterocycles. The second-order valence-corrected chi connectivity index (χ2v) is 6.68. The number of halogens is 4. The summed E-state index contributed by atoms with van der Waals surface area (Å²) in [6.07, 6.45) is 1.83. The normalized spacial score (nSPS) is 23.9. The molecule has 0 spiro atoms. The highest BCUT2D eigenvalue weighted by atomic mass is 32.2. The maximum absolute atomic E-state index is 13.7. The van der Waals surface area contributed by atoms with Gasteiger partial charge in [0.25, 0.3) is 0 Å². The molecule has 126 valence electrons. The number of carbonyl (C=O) groups excluding carboxylic acids is 1. The molecule has 2 amide bonds. The van der Waals surface area contributed by atoms with E-state index in [4.69, 9.17) is 0 Å². The van der Waals surface area contributed by atoms with E-state index < -0.39 is 28.0 Å². The van der Waals surface area contributed by atoms with Crippen molar-refractivity contribution in [2.24, 2.45) is 0 Å². The van der Waals surface area contributed by atoms with E-state index in [0.29, 0.717) is 0 Å². The molecule has 0 radical (unpaired) electrons. The summed E-state index contributed by atoms with van der Waals surface area (Å²) in [6, 6.07) is 3.09. The Labute approximate surface area is 134 Å². The Kier molecular flexibility index (Phi) is 4.41. The third-order valence-electron chi connectivity index (χ3n) is 4.02. The van der Waals surface area contributed by atoms with E-state index in [2.05, 4.69) is 10.6 Å². The summed E-state index contributed by atoms with van der Waals surface area (Å²) in [6.45, 7) is 1.44. The minimum Gasteiger partial charge on any atom is -0.316 e. The van der Waals surface area contributed by atoms with Crippen LogP contribution in [0.3, 0.4) is 0 Å². The van der Waals surface area contributed by atoms with Crippen molar-refractivity contribution in [3.05, 3.63) is 24.0 Å². The van der Waals surface area contributed by atoms with Crippen LogP contribution in [0.4, 0.5) is 28.0 Å². The van der Waals surface area contributed by atoms with E-state index in [1.54, 1.807) is 4.90 Å². The van der Waals surface area contributed by atoms with Crippen LogP contribution < -0.4 is 10.6 Å². The number of nitrogens with one attached hydrogen (secondary N) is 2. The van der Waals surface area contributed by atoms with Gasteiger partial charge in [0.05, 0.1) is 4.90 Å². The monoisotopic (exact) mass is 349 g/mol. The van der Waals surface area contributed by atoms with E-state index in [-0.39, 0.29) is 23.8 Å². The van der Waals surface area contributed by atoms with Gasteiger partial charge in [-0.1, -0.05) is 0 Å². The number of carbonyl (C=O) groups is 1. The minimum absolute atomic E-state index is 0.110. The Morgan fingerprint density at radius 1 is 1.26 bits per heavy atom. The Morgan fingerprint density at radius 2 is 1.91 bits per heavy atom. The number of rotatable bonds is 2. The highest BCUT2D eigenvalue weighted by molar-refractivity contribution is 8.00. The average Bonchev–Trinajstić information content (AvgIpc) is 2.70. The lowest BCUT2D eigenvalue weighted by Gasteiger charge is -2.35. The lowest BCUT2D eigenvalue weighted by Crippen LogP contribution is -2.55. The Balaban J connectivity index is 1.68. The third-order valence-corrected chi connectivity index (χ3v) is 4.81. The van der Waals surface area contributed by atoms with Crippen molar-refractivity contribution in [3.8, 4) is 0 Å². The number of nitrogens with zero attached hydrogens (tertiary/aromatic N) is 1. The highest BCUT2D eigenvalue weighted by Gasteiger charge is 2.39. The predicted octanol–water partition coefficient (Wildman–Crippen LogP) is 3.41. The van der Waals surface area contributed by atoms with Gasteiger partial charge in [-0.2, -0.15) is 13.2 Å². The molecule has 2 heterocycles. The van der Waals surface area contributed by atoms with Gasteiger partial charge in [-0.05, 0) is 42.8 Å². The van der Waals surface area contributed by atoms with Crippen LogP contribution in [-0.2, 0) is 0 Å². The predicted molar refractivity (Wildman–Crippen MR) is 78.8 cm³/mol. The quantitative estimate of drug-likeness (QED) is 0.635. The molecule has 0 aromatic heterocycles. The van der Waals surface area contributed by atoms with Crippen LogP contribution in [0.15, 0.2) is 23.1 Å². The lowest BCUT2D eigenvalue weighted by atomic mass is 10.2. The molecule has 2 unspecified atom stereocenters. The van der Waals surface area contributed by atoms with Crippen molar-refractivity contribution in [2.75, 3.05) is 18.4 Å². The van der Waals surface area contributed by atoms with Crippen molar-refractivity contribution in [2.45, 2.75) is 35.3 Å². The number of fused-ring (bicyclic) bond motifs is 2. The van der Waals surface area contributed by atoms with E-state index in [9.17, 15) is 22.4 Å². The van der Waals surface area contributed by atoms with Gasteiger partial charge in [0.2, 0.25) is 0 Å². The fourth-order valence-electron chi connectivity index (χ4n) is 3.08. The molecular formula is C14H15F4N3OS. The molecule has 9 heteroatoms. The average molecular weight is 349 g/mol. The summed E-state index contributed by atoms with van der Waals surface area (Å²) >= 11 is -0.513. The van der Waals surface area contributed by atoms with Gasteiger partial charge in [0.15, 0.2) is 0 Å². The van der Waals surface area contributed by atoms with E-state index in [1.807, 2.05) is 0 Å². The molecule has 4 nitrogen and oxygen atoms in total. The molecule has 2 aliphatic rings. The summed E-state index contributed by atoms with van der Waals surface area (Å²) in [4.78, 5) is 13.6. The van der Waals surface area contributed by atoms with Gasteiger partial charge in [-0.15, -0.1) is 0 Å². The first-order chi connectivity index (χ1) is 10.8. The van der Waals surface area contributed by atoms with Crippen LogP contribution in [0, 0.1) is 5.82 Å². The summed E-state index contributed by atoms with van der Waals surface area (Å²) in [7, 11) is 0. The van der Waals surface area contributed by atoms with E-state index in [0.717, 1.165) is 38.1 Å². The molecule has 2 fully saturated rings. The second-order valence-electron chi connectivity index (χ2n) is 5.57. The number of piperazine rings is 1. The fraction of sp³-hybridized carbons (Fsp3) is 0.500. The van der Waals surface area contributed by atoms with Crippen molar-refractivity contribution < 1.29 is 22.4 Å². The SMILES string of the molecule is O=C(Nc1ccc(SC(F)(F)F)c(F)c1)N1C2CCC1CNC2. The number of urea groups is 1. The van der Waals surface area contributed by atoms with Gasteiger partial charge in [-0.3, -0.25) is 0 Å². The Hall–Kier alpha value is -1.48. The number of amides is 2. The first-order valence-corrected chi connectivity index (χ1v) is 8.00. The topological polar surface area (TPSA) is 44.4 Å². The summed E-state index contributed by atoms with van der Waals surface area (Å²) in [5, 5.41) is 5.81. The van der Waals surface area contributed by atoms with E-state index in [1.165, 1.54) is 6.07 Å². The highest BCUT2D eigenvalue weighted by Crippen LogP contribution is 2.38. The van der Waals surface area contributed by atoms with Crippen molar-refractivity contribution >= 4 is 23.5 Å². The van der Waals surface area contributed by atoms with Gasteiger partial charge < -0.3 is 15.5 Å². The second kappa shape index (κ2) is 6.20. The third kappa shape index (κ3) is 3.72. The molecule has 0 saturated carbocycles.